The highest BCUT2D eigenvalue weighted by atomic mass is 16.3. The van der Waals surface area contributed by atoms with Gasteiger partial charge in [-0.05, 0) is 43.1 Å². The molecule has 4 atom stereocenters. The molecule has 16 heavy (non-hydrogen) atoms. The molecule has 1 saturated carbocycles. The van der Waals surface area contributed by atoms with Gasteiger partial charge in [-0.15, -0.1) is 0 Å². The van der Waals surface area contributed by atoms with E-state index in [1.54, 1.807) is 0 Å². The molecule has 0 spiro atoms. The van der Waals surface area contributed by atoms with Crippen molar-refractivity contribution in [2.24, 2.45) is 17.8 Å². The molecule has 84 valence electrons. The van der Waals surface area contributed by atoms with Crippen molar-refractivity contribution in [1.82, 2.24) is 0 Å². The minimum Gasteiger partial charge on any atom is -0.385 e. The Morgan fingerprint density at radius 2 is 1.88 bits per heavy atom. The number of benzene rings is 1. The molecule has 0 heterocycles. The number of fused-ring (bicyclic) bond motifs is 2. The van der Waals surface area contributed by atoms with Crippen LogP contribution in [-0.4, -0.2) is 5.11 Å². The average molecular weight is 214 g/mol. The number of aliphatic hydroxyl groups is 1. The smallest absolute Gasteiger partial charge is 0.0902 e. The Balaban J connectivity index is 1.91. The first kappa shape index (κ1) is 10.1. The molecule has 2 aliphatic rings. The first-order chi connectivity index (χ1) is 7.68. The van der Waals surface area contributed by atoms with E-state index < -0.39 is 5.60 Å². The summed E-state index contributed by atoms with van der Waals surface area (Å²) in [5, 5.41) is 10.8. The van der Waals surface area contributed by atoms with Gasteiger partial charge in [-0.25, -0.2) is 0 Å². The molecule has 0 aromatic heterocycles. The second kappa shape index (κ2) is 3.46. The molecule has 1 fully saturated rings. The van der Waals surface area contributed by atoms with Crippen LogP contribution in [0.4, 0.5) is 0 Å². The van der Waals surface area contributed by atoms with Gasteiger partial charge in [0.1, 0.15) is 0 Å². The lowest BCUT2D eigenvalue weighted by Gasteiger charge is -2.34. The van der Waals surface area contributed by atoms with Crippen molar-refractivity contribution in [3.63, 3.8) is 0 Å². The van der Waals surface area contributed by atoms with Crippen LogP contribution in [0.15, 0.2) is 42.5 Å². The van der Waals surface area contributed by atoms with Crippen LogP contribution in [0.5, 0.6) is 0 Å². The number of hydrogen-bond acceptors (Lipinski definition) is 1. The van der Waals surface area contributed by atoms with Gasteiger partial charge in [-0.1, -0.05) is 42.5 Å². The highest BCUT2D eigenvalue weighted by molar-refractivity contribution is 5.25. The molecule has 0 unspecified atom stereocenters. The highest BCUT2D eigenvalue weighted by Gasteiger charge is 2.45. The van der Waals surface area contributed by atoms with E-state index >= 15 is 0 Å². The van der Waals surface area contributed by atoms with E-state index in [0.717, 1.165) is 12.0 Å². The van der Waals surface area contributed by atoms with Crippen LogP contribution in [0.25, 0.3) is 0 Å². The molecule has 1 aromatic rings. The van der Waals surface area contributed by atoms with E-state index in [9.17, 15) is 5.11 Å². The summed E-state index contributed by atoms with van der Waals surface area (Å²) in [6.07, 6.45) is 7.01. The fourth-order valence-corrected chi connectivity index (χ4v) is 3.42. The van der Waals surface area contributed by atoms with Gasteiger partial charge >= 0.3 is 0 Å². The second-order valence-corrected chi connectivity index (χ2v) is 5.40. The largest absolute Gasteiger partial charge is 0.385 e. The molecular weight excluding hydrogens is 196 g/mol. The van der Waals surface area contributed by atoms with Crippen LogP contribution in [-0.2, 0) is 5.60 Å². The molecule has 1 heteroatoms. The van der Waals surface area contributed by atoms with Gasteiger partial charge < -0.3 is 5.11 Å². The third-order valence-corrected chi connectivity index (χ3v) is 4.36. The molecule has 2 bridgehead atoms. The SMILES string of the molecule is C[C@](O)(c1ccccc1)[C@@H]1C[C@H]2C=C[C@H]1C2. The normalized spacial score (nSPS) is 35.2. The zero-order valence-electron chi connectivity index (χ0n) is 9.63. The quantitative estimate of drug-likeness (QED) is 0.750. The monoisotopic (exact) mass is 214 g/mol. The van der Waals surface area contributed by atoms with Crippen molar-refractivity contribution >= 4 is 0 Å². The van der Waals surface area contributed by atoms with Gasteiger partial charge in [-0.2, -0.15) is 0 Å². The van der Waals surface area contributed by atoms with Gasteiger partial charge in [-0.3, -0.25) is 0 Å². The van der Waals surface area contributed by atoms with E-state index in [1.165, 1.54) is 6.42 Å². The van der Waals surface area contributed by atoms with Crippen LogP contribution < -0.4 is 0 Å². The van der Waals surface area contributed by atoms with Crippen LogP contribution >= 0.6 is 0 Å². The first-order valence-corrected chi connectivity index (χ1v) is 6.14. The van der Waals surface area contributed by atoms with Crippen molar-refractivity contribution in [1.29, 1.82) is 0 Å². The fraction of sp³-hybridized carbons (Fsp3) is 0.467. The Hall–Kier alpha value is -1.08. The van der Waals surface area contributed by atoms with E-state index in [0.29, 0.717) is 17.8 Å². The summed E-state index contributed by atoms with van der Waals surface area (Å²) in [5.74, 6) is 1.69. The van der Waals surface area contributed by atoms with Crippen molar-refractivity contribution in [2.45, 2.75) is 25.4 Å². The Labute approximate surface area is 96.8 Å². The average Bonchev–Trinajstić information content (AvgIpc) is 2.92. The molecule has 3 rings (SSSR count). The molecule has 2 aliphatic carbocycles. The zero-order valence-corrected chi connectivity index (χ0v) is 9.63. The summed E-state index contributed by atoms with van der Waals surface area (Å²) < 4.78 is 0. The minimum absolute atomic E-state index is 0.393. The van der Waals surface area contributed by atoms with Crippen LogP contribution in [0.3, 0.4) is 0 Å². The lowest BCUT2D eigenvalue weighted by Crippen LogP contribution is -2.34. The van der Waals surface area contributed by atoms with Crippen molar-refractivity contribution in [3.05, 3.63) is 48.0 Å². The molecular formula is C15H18O. The predicted octanol–water partition coefficient (Wildman–Crippen LogP) is 3.11. The maximum atomic E-state index is 10.8. The van der Waals surface area contributed by atoms with E-state index in [4.69, 9.17) is 0 Å². The number of hydrogen-bond donors (Lipinski definition) is 1. The Morgan fingerprint density at radius 3 is 2.44 bits per heavy atom. The topological polar surface area (TPSA) is 20.2 Å². The molecule has 1 nitrogen and oxygen atoms in total. The highest BCUT2D eigenvalue weighted by Crippen LogP contribution is 2.50. The minimum atomic E-state index is -0.675. The fourth-order valence-electron chi connectivity index (χ4n) is 3.42. The Morgan fingerprint density at radius 1 is 1.12 bits per heavy atom. The maximum Gasteiger partial charge on any atom is 0.0902 e. The number of allylic oxidation sites excluding steroid dienone is 2. The summed E-state index contributed by atoms with van der Waals surface area (Å²) in [6, 6.07) is 10.1. The van der Waals surface area contributed by atoms with E-state index in [2.05, 4.69) is 12.2 Å². The lowest BCUT2D eigenvalue weighted by atomic mass is 9.76. The van der Waals surface area contributed by atoms with E-state index in [-0.39, 0.29) is 0 Å². The molecule has 0 amide bonds. The Kier molecular flexibility index (Phi) is 2.18. The van der Waals surface area contributed by atoms with Crippen LogP contribution in [0.2, 0.25) is 0 Å². The van der Waals surface area contributed by atoms with E-state index in [1.807, 2.05) is 37.3 Å². The first-order valence-electron chi connectivity index (χ1n) is 6.14. The van der Waals surface area contributed by atoms with Crippen molar-refractivity contribution < 1.29 is 5.11 Å². The summed E-state index contributed by atoms with van der Waals surface area (Å²) in [5.41, 5.74) is 0.381. The lowest BCUT2D eigenvalue weighted by molar-refractivity contribution is -0.0170. The van der Waals surface area contributed by atoms with Gasteiger partial charge in [0.2, 0.25) is 0 Å². The summed E-state index contributed by atoms with van der Waals surface area (Å²) in [6.45, 7) is 1.97. The van der Waals surface area contributed by atoms with Gasteiger partial charge in [0, 0.05) is 0 Å². The van der Waals surface area contributed by atoms with Crippen LogP contribution in [0, 0.1) is 17.8 Å². The molecule has 0 radical (unpaired) electrons. The molecule has 0 saturated heterocycles. The van der Waals surface area contributed by atoms with Crippen molar-refractivity contribution in [3.8, 4) is 0 Å². The third-order valence-electron chi connectivity index (χ3n) is 4.36. The van der Waals surface area contributed by atoms with Gasteiger partial charge in [0.05, 0.1) is 5.60 Å². The summed E-state index contributed by atoms with van der Waals surface area (Å²) in [4.78, 5) is 0. The molecule has 0 aliphatic heterocycles. The Bertz CT molecular complexity index is 405. The molecule has 1 N–H and O–H groups in total. The summed E-state index contributed by atoms with van der Waals surface area (Å²) >= 11 is 0. The zero-order chi connectivity index (χ0) is 11.2. The second-order valence-electron chi connectivity index (χ2n) is 5.40. The van der Waals surface area contributed by atoms with Crippen LogP contribution in [0.1, 0.15) is 25.3 Å². The standard InChI is InChI=1S/C15H18O/c1-15(16,13-5-3-2-4-6-13)14-10-11-7-8-12(14)9-11/h2-8,11-12,14,16H,9-10H2,1H3/t11-,12-,14+,15-/m0/s1. The molecule has 1 aromatic carbocycles. The van der Waals surface area contributed by atoms with Gasteiger partial charge in [0.25, 0.3) is 0 Å². The number of rotatable bonds is 2. The summed E-state index contributed by atoms with van der Waals surface area (Å²) in [7, 11) is 0. The maximum absolute atomic E-state index is 10.8. The van der Waals surface area contributed by atoms with Crippen molar-refractivity contribution in [2.75, 3.05) is 0 Å². The third kappa shape index (κ3) is 1.42. The predicted molar refractivity (Wildman–Crippen MR) is 64.9 cm³/mol. The van der Waals surface area contributed by atoms with Gasteiger partial charge in [0.15, 0.2) is 0 Å².